The van der Waals surface area contributed by atoms with Gasteiger partial charge in [0.2, 0.25) is 0 Å². The molecule has 0 fully saturated rings. The van der Waals surface area contributed by atoms with E-state index in [4.69, 9.17) is 4.42 Å². The molecule has 0 aliphatic rings. The lowest BCUT2D eigenvalue weighted by molar-refractivity contribution is 0.0964. The maximum Gasteiger partial charge on any atom is 0.254 e. The molecule has 0 saturated carbocycles. The van der Waals surface area contributed by atoms with Crippen molar-refractivity contribution in [1.29, 1.82) is 0 Å². The second-order valence-electron chi connectivity index (χ2n) is 3.69. The van der Waals surface area contributed by atoms with Crippen molar-refractivity contribution in [3.8, 4) is 0 Å². The maximum absolute atomic E-state index is 11.5. The molecule has 0 bridgehead atoms. The first-order chi connectivity index (χ1) is 8.13. The Hall–Kier alpha value is -1.77. The molecule has 92 valence electrons. The van der Waals surface area contributed by atoms with Crippen LogP contribution in [-0.2, 0) is 0 Å². The fraction of sp³-hybridized carbons (Fsp3) is 0.357. The van der Waals surface area contributed by atoms with Gasteiger partial charge in [-0.3, -0.25) is 4.79 Å². The van der Waals surface area contributed by atoms with Crippen LogP contribution in [0.3, 0.4) is 0 Å². The summed E-state index contributed by atoms with van der Waals surface area (Å²) >= 11 is 0. The molecule has 2 aromatic rings. The average molecular weight is 233 g/mol. The number of carbonyl (C=O) groups excluding carboxylic acids is 1. The van der Waals surface area contributed by atoms with Gasteiger partial charge in [0, 0.05) is 12.4 Å². The van der Waals surface area contributed by atoms with Crippen molar-refractivity contribution in [2.75, 3.05) is 7.05 Å². The van der Waals surface area contributed by atoms with Crippen LogP contribution < -0.4 is 5.32 Å². The summed E-state index contributed by atoms with van der Waals surface area (Å²) in [7, 11) is 1.61. The van der Waals surface area contributed by atoms with E-state index in [1.807, 2.05) is 39.8 Å². The Morgan fingerprint density at radius 3 is 2.47 bits per heavy atom. The maximum atomic E-state index is 11.5. The third-order valence-corrected chi connectivity index (χ3v) is 2.48. The molecule has 1 heterocycles. The lowest BCUT2D eigenvalue weighted by atomic mass is 10.1. The molecule has 3 nitrogen and oxygen atoms in total. The molecule has 0 unspecified atom stereocenters. The summed E-state index contributed by atoms with van der Waals surface area (Å²) in [5.41, 5.74) is 3.57. The Morgan fingerprint density at radius 2 is 1.88 bits per heavy atom. The van der Waals surface area contributed by atoms with Gasteiger partial charge in [0.15, 0.2) is 0 Å². The van der Waals surface area contributed by atoms with Crippen LogP contribution in [0.1, 0.15) is 35.3 Å². The lowest BCUT2D eigenvalue weighted by Gasteiger charge is -1.99. The number of carbonyl (C=O) groups is 1. The van der Waals surface area contributed by atoms with Gasteiger partial charge in [0.05, 0.1) is 5.56 Å². The van der Waals surface area contributed by atoms with Gasteiger partial charge in [0.1, 0.15) is 11.8 Å². The molecule has 0 radical (unpaired) electrons. The molecule has 0 spiro atoms. The number of amides is 1. The summed E-state index contributed by atoms with van der Waals surface area (Å²) in [6.07, 6.45) is 1.51. The minimum Gasteiger partial charge on any atom is -0.463 e. The highest BCUT2D eigenvalue weighted by atomic mass is 16.3. The number of fused-ring (bicyclic) bond motifs is 1. The molecule has 0 atom stereocenters. The molecule has 3 heteroatoms. The van der Waals surface area contributed by atoms with Crippen LogP contribution in [0.4, 0.5) is 0 Å². The predicted octanol–water partition coefficient (Wildman–Crippen LogP) is 3.44. The Morgan fingerprint density at radius 1 is 1.24 bits per heavy atom. The number of hydrogen-bond donors (Lipinski definition) is 1. The van der Waals surface area contributed by atoms with Gasteiger partial charge >= 0.3 is 0 Å². The molecular weight excluding hydrogens is 214 g/mol. The molecule has 17 heavy (non-hydrogen) atoms. The quantitative estimate of drug-likeness (QED) is 0.819. The topological polar surface area (TPSA) is 42.2 Å². The summed E-state index contributed by atoms with van der Waals surface area (Å²) in [4.78, 5) is 11.5. The van der Waals surface area contributed by atoms with E-state index in [0.29, 0.717) is 5.56 Å². The predicted molar refractivity (Wildman–Crippen MR) is 70.4 cm³/mol. The minimum atomic E-state index is -0.112. The summed E-state index contributed by atoms with van der Waals surface area (Å²) < 4.78 is 5.40. The minimum absolute atomic E-state index is 0.112. The largest absolute Gasteiger partial charge is 0.463 e. The Balaban J connectivity index is 0.000000686. The zero-order chi connectivity index (χ0) is 13.0. The monoisotopic (exact) mass is 233 g/mol. The third kappa shape index (κ3) is 2.49. The number of hydrogen-bond acceptors (Lipinski definition) is 2. The smallest absolute Gasteiger partial charge is 0.254 e. The van der Waals surface area contributed by atoms with E-state index >= 15 is 0 Å². The van der Waals surface area contributed by atoms with Crippen LogP contribution in [0.2, 0.25) is 0 Å². The van der Waals surface area contributed by atoms with Gasteiger partial charge in [-0.05, 0) is 31.0 Å². The number of nitrogens with one attached hydrogen (secondary N) is 1. The second-order valence-corrected chi connectivity index (χ2v) is 3.69. The number of rotatable bonds is 1. The van der Waals surface area contributed by atoms with Crippen LogP contribution in [0.25, 0.3) is 11.0 Å². The first-order valence-electron chi connectivity index (χ1n) is 5.84. The third-order valence-electron chi connectivity index (χ3n) is 2.48. The van der Waals surface area contributed by atoms with Crippen molar-refractivity contribution < 1.29 is 9.21 Å². The zero-order valence-corrected chi connectivity index (χ0v) is 11.0. The zero-order valence-electron chi connectivity index (χ0n) is 11.0. The molecule has 2 rings (SSSR count). The van der Waals surface area contributed by atoms with Crippen LogP contribution >= 0.6 is 0 Å². The number of furan rings is 1. The van der Waals surface area contributed by atoms with E-state index in [9.17, 15) is 4.79 Å². The van der Waals surface area contributed by atoms with Crippen molar-refractivity contribution in [2.24, 2.45) is 0 Å². The van der Waals surface area contributed by atoms with Crippen molar-refractivity contribution >= 4 is 16.9 Å². The number of benzene rings is 1. The lowest BCUT2D eigenvalue weighted by Crippen LogP contribution is -2.17. The summed E-state index contributed by atoms with van der Waals surface area (Å²) in [6, 6.07) is 4.01. The fourth-order valence-electron chi connectivity index (χ4n) is 1.80. The van der Waals surface area contributed by atoms with E-state index in [2.05, 4.69) is 5.32 Å². The number of aryl methyl sites for hydroxylation is 2. The van der Waals surface area contributed by atoms with Crippen LogP contribution in [0.5, 0.6) is 0 Å². The molecule has 1 aromatic heterocycles. The van der Waals surface area contributed by atoms with Crippen LogP contribution in [0, 0.1) is 13.8 Å². The molecule has 0 aliphatic heterocycles. The van der Waals surface area contributed by atoms with E-state index in [0.717, 1.165) is 22.1 Å². The first-order valence-corrected chi connectivity index (χ1v) is 5.84. The summed E-state index contributed by atoms with van der Waals surface area (Å²) in [6.45, 7) is 7.99. The SMILES string of the molecule is CC.CNC(=O)c1coc2c(C)cc(C)cc12. The Bertz CT molecular complexity index is 526. The van der Waals surface area contributed by atoms with Crippen molar-refractivity contribution in [3.05, 3.63) is 35.1 Å². The molecule has 1 amide bonds. The van der Waals surface area contributed by atoms with Gasteiger partial charge in [0.25, 0.3) is 5.91 Å². The van der Waals surface area contributed by atoms with Crippen LogP contribution in [-0.4, -0.2) is 13.0 Å². The van der Waals surface area contributed by atoms with Gasteiger partial charge in [-0.15, -0.1) is 0 Å². The summed E-state index contributed by atoms with van der Waals surface area (Å²) in [5.74, 6) is -0.112. The fourth-order valence-corrected chi connectivity index (χ4v) is 1.80. The molecule has 1 N–H and O–H groups in total. The Kier molecular flexibility index (Phi) is 4.32. The van der Waals surface area contributed by atoms with E-state index in [-0.39, 0.29) is 5.91 Å². The molecular formula is C14H19NO2. The normalized spacial score (nSPS) is 9.71. The van der Waals surface area contributed by atoms with Crippen molar-refractivity contribution in [2.45, 2.75) is 27.7 Å². The van der Waals surface area contributed by atoms with Gasteiger partial charge < -0.3 is 9.73 Å². The standard InChI is InChI=1S/C12H13NO2.C2H6/c1-7-4-8(2)11-9(5-7)10(6-15-11)12(14)13-3;1-2/h4-6H,1-3H3,(H,13,14);1-2H3. The van der Waals surface area contributed by atoms with Crippen LogP contribution in [0.15, 0.2) is 22.8 Å². The molecule has 1 aromatic carbocycles. The van der Waals surface area contributed by atoms with Gasteiger partial charge in [-0.1, -0.05) is 19.9 Å². The highest BCUT2D eigenvalue weighted by molar-refractivity contribution is 6.06. The van der Waals surface area contributed by atoms with E-state index in [1.54, 1.807) is 7.05 Å². The molecule has 0 saturated heterocycles. The Labute approximate surface area is 102 Å². The van der Waals surface area contributed by atoms with Gasteiger partial charge in [-0.2, -0.15) is 0 Å². The average Bonchev–Trinajstić information content (AvgIpc) is 2.74. The second kappa shape index (κ2) is 5.53. The molecule has 0 aliphatic carbocycles. The van der Waals surface area contributed by atoms with E-state index in [1.165, 1.54) is 6.26 Å². The highest BCUT2D eigenvalue weighted by Crippen LogP contribution is 2.25. The van der Waals surface area contributed by atoms with Gasteiger partial charge in [-0.25, -0.2) is 0 Å². The van der Waals surface area contributed by atoms with E-state index < -0.39 is 0 Å². The van der Waals surface area contributed by atoms with Crippen molar-refractivity contribution in [1.82, 2.24) is 5.32 Å². The first kappa shape index (κ1) is 13.3. The summed E-state index contributed by atoms with van der Waals surface area (Å²) in [5, 5.41) is 3.48. The highest BCUT2D eigenvalue weighted by Gasteiger charge is 2.13. The van der Waals surface area contributed by atoms with Crippen molar-refractivity contribution in [3.63, 3.8) is 0 Å².